The van der Waals surface area contributed by atoms with Gasteiger partial charge in [-0.25, -0.2) is 0 Å². The van der Waals surface area contributed by atoms with Crippen molar-refractivity contribution in [1.82, 2.24) is 0 Å². The van der Waals surface area contributed by atoms with Crippen LogP contribution in [0.1, 0.15) is 13.8 Å². The van der Waals surface area contributed by atoms with Crippen LogP contribution in [0.25, 0.3) is 0 Å². The van der Waals surface area contributed by atoms with Gasteiger partial charge in [0.05, 0.1) is 0 Å². The average molecular weight is 170 g/mol. The van der Waals surface area contributed by atoms with Crippen LogP contribution in [-0.2, 0) is 0 Å². The fourth-order valence-electron chi connectivity index (χ4n) is 1.33. The second-order valence-corrected chi connectivity index (χ2v) is 4.87. The molecular formula is C8H10S2. The summed E-state index contributed by atoms with van der Waals surface area (Å²) >= 11 is 3.96. The van der Waals surface area contributed by atoms with Gasteiger partial charge in [-0.3, -0.25) is 0 Å². The highest BCUT2D eigenvalue weighted by atomic mass is 32.2. The van der Waals surface area contributed by atoms with Crippen molar-refractivity contribution in [2.24, 2.45) is 0 Å². The maximum absolute atomic E-state index is 2.30. The molecule has 0 fully saturated rings. The second kappa shape index (κ2) is 2.35. The molecule has 2 rings (SSSR count). The minimum Gasteiger partial charge on any atom is -0.125 e. The summed E-state index contributed by atoms with van der Waals surface area (Å²) in [5.74, 6) is 0. The molecule has 0 N–H and O–H groups in total. The first kappa shape index (κ1) is 6.86. The van der Waals surface area contributed by atoms with Crippen LogP contribution in [-0.4, -0.2) is 10.5 Å². The molecule has 2 aliphatic rings. The molecule has 2 atom stereocenters. The van der Waals surface area contributed by atoms with Crippen molar-refractivity contribution in [1.29, 1.82) is 0 Å². The molecule has 0 bridgehead atoms. The Kier molecular flexibility index (Phi) is 1.61. The first-order valence-corrected chi connectivity index (χ1v) is 5.32. The molecule has 0 spiro atoms. The summed E-state index contributed by atoms with van der Waals surface area (Å²) in [5, 5.41) is 6.15. The molecule has 0 aromatic rings. The van der Waals surface area contributed by atoms with E-state index in [1.54, 1.807) is 11.1 Å². The molecule has 0 aromatic heterocycles. The summed E-state index contributed by atoms with van der Waals surface area (Å²) in [7, 11) is 0. The Labute approximate surface area is 70.1 Å². The van der Waals surface area contributed by atoms with Gasteiger partial charge >= 0.3 is 0 Å². The molecule has 0 aromatic carbocycles. The molecule has 2 heteroatoms. The largest absolute Gasteiger partial charge is 0.125 e. The van der Waals surface area contributed by atoms with Crippen LogP contribution >= 0.6 is 23.5 Å². The van der Waals surface area contributed by atoms with Gasteiger partial charge in [-0.15, -0.1) is 23.5 Å². The van der Waals surface area contributed by atoms with E-state index in [0.29, 0.717) is 0 Å². The second-order valence-electron chi connectivity index (χ2n) is 2.84. The van der Waals surface area contributed by atoms with Gasteiger partial charge in [0, 0.05) is 10.5 Å². The first-order chi connectivity index (χ1) is 4.79. The van der Waals surface area contributed by atoms with E-state index in [9.17, 15) is 0 Å². The maximum Gasteiger partial charge on any atom is 0.0463 e. The van der Waals surface area contributed by atoms with E-state index in [2.05, 4.69) is 24.7 Å². The first-order valence-electron chi connectivity index (χ1n) is 3.43. The average Bonchev–Trinajstić information content (AvgIpc) is 2.41. The van der Waals surface area contributed by atoms with Gasteiger partial charge in [0.15, 0.2) is 0 Å². The Morgan fingerprint density at radius 1 is 1.00 bits per heavy atom. The zero-order valence-corrected chi connectivity index (χ0v) is 7.76. The van der Waals surface area contributed by atoms with E-state index in [4.69, 9.17) is 0 Å². The van der Waals surface area contributed by atoms with E-state index in [1.165, 1.54) is 0 Å². The van der Waals surface area contributed by atoms with Gasteiger partial charge in [-0.1, -0.05) is 11.1 Å². The monoisotopic (exact) mass is 170 g/mol. The molecule has 0 nitrogen and oxygen atoms in total. The van der Waals surface area contributed by atoms with Crippen molar-refractivity contribution in [3.05, 3.63) is 22.0 Å². The van der Waals surface area contributed by atoms with Crippen LogP contribution in [0.3, 0.4) is 0 Å². The van der Waals surface area contributed by atoms with Crippen LogP contribution in [0.15, 0.2) is 22.0 Å². The Morgan fingerprint density at radius 2 is 1.40 bits per heavy atom. The number of fused-ring (bicyclic) bond motifs is 1. The normalized spacial score (nSPS) is 37.4. The number of hydrogen-bond donors (Lipinski definition) is 0. The standard InChI is InChI=1S/C8H10S2/c1-5-3-9-8-6(2)4-10-7(5)8/h3-4,7-8H,1-2H3. The van der Waals surface area contributed by atoms with Crippen molar-refractivity contribution < 1.29 is 0 Å². The Morgan fingerprint density at radius 3 is 1.80 bits per heavy atom. The van der Waals surface area contributed by atoms with E-state index in [1.807, 2.05) is 23.5 Å². The van der Waals surface area contributed by atoms with Crippen molar-refractivity contribution >= 4 is 23.5 Å². The third-order valence-corrected chi connectivity index (χ3v) is 5.04. The highest BCUT2D eigenvalue weighted by Gasteiger charge is 2.33. The van der Waals surface area contributed by atoms with Gasteiger partial charge in [-0.05, 0) is 24.7 Å². The molecular weight excluding hydrogens is 160 g/mol. The van der Waals surface area contributed by atoms with Crippen LogP contribution in [0, 0.1) is 0 Å². The summed E-state index contributed by atoms with van der Waals surface area (Å²) < 4.78 is 0. The fourth-order valence-corrected chi connectivity index (χ4v) is 4.18. The van der Waals surface area contributed by atoms with E-state index >= 15 is 0 Å². The summed E-state index contributed by atoms with van der Waals surface area (Å²) in [6.07, 6.45) is 0. The molecule has 0 saturated carbocycles. The van der Waals surface area contributed by atoms with E-state index < -0.39 is 0 Å². The van der Waals surface area contributed by atoms with E-state index in [-0.39, 0.29) is 0 Å². The SMILES string of the molecule is CC1=CSC2C(C)=CSC12. The fraction of sp³-hybridized carbons (Fsp3) is 0.500. The van der Waals surface area contributed by atoms with Gasteiger partial charge in [-0.2, -0.15) is 0 Å². The van der Waals surface area contributed by atoms with E-state index in [0.717, 1.165) is 10.5 Å². The predicted octanol–water partition coefficient (Wildman–Crippen LogP) is 3.02. The summed E-state index contributed by atoms with van der Waals surface area (Å²) in [4.78, 5) is 0. The minimum absolute atomic E-state index is 0.769. The smallest absolute Gasteiger partial charge is 0.0463 e. The Bertz CT molecular complexity index is 191. The van der Waals surface area contributed by atoms with Crippen molar-refractivity contribution in [3.8, 4) is 0 Å². The molecule has 2 unspecified atom stereocenters. The zero-order valence-electron chi connectivity index (χ0n) is 6.13. The molecule has 0 aliphatic carbocycles. The van der Waals surface area contributed by atoms with Crippen molar-refractivity contribution in [2.75, 3.05) is 0 Å². The minimum atomic E-state index is 0.769. The Hall–Kier alpha value is 0.180. The number of thioether (sulfide) groups is 2. The molecule has 0 saturated heterocycles. The number of hydrogen-bond acceptors (Lipinski definition) is 2. The van der Waals surface area contributed by atoms with Gasteiger partial charge in [0.25, 0.3) is 0 Å². The van der Waals surface area contributed by atoms with Crippen LogP contribution in [0.4, 0.5) is 0 Å². The molecule has 54 valence electrons. The van der Waals surface area contributed by atoms with Crippen LogP contribution in [0.5, 0.6) is 0 Å². The lowest BCUT2D eigenvalue weighted by molar-refractivity contribution is 1.01. The lowest BCUT2D eigenvalue weighted by Crippen LogP contribution is -2.11. The predicted molar refractivity (Wildman–Crippen MR) is 50.3 cm³/mol. The third kappa shape index (κ3) is 0.857. The van der Waals surface area contributed by atoms with Crippen molar-refractivity contribution in [3.63, 3.8) is 0 Å². The van der Waals surface area contributed by atoms with Gasteiger partial charge in [0.1, 0.15) is 0 Å². The highest BCUT2D eigenvalue weighted by Crippen LogP contribution is 2.47. The maximum atomic E-state index is 2.30. The topological polar surface area (TPSA) is 0 Å². The summed E-state index contributed by atoms with van der Waals surface area (Å²) in [6, 6.07) is 0. The summed E-state index contributed by atoms with van der Waals surface area (Å²) in [6.45, 7) is 4.47. The number of rotatable bonds is 0. The Balaban J connectivity index is 2.23. The van der Waals surface area contributed by atoms with Crippen LogP contribution in [0.2, 0.25) is 0 Å². The quantitative estimate of drug-likeness (QED) is 0.548. The molecule has 0 amide bonds. The van der Waals surface area contributed by atoms with Crippen LogP contribution < -0.4 is 0 Å². The van der Waals surface area contributed by atoms with Crippen molar-refractivity contribution in [2.45, 2.75) is 24.3 Å². The zero-order chi connectivity index (χ0) is 7.14. The molecule has 2 aliphatic heterocycles. The summed E-state index contributed by atoms with van der Waals surface area (Å²) in [5.41, 5.74) is 3.10. The molecule has 0 radical (unpaired) electrons. The lowest BCUT2D eigenvalue weighted by atomic mass is 10.1. The molecule has 10 heavy (non-hydrogen) atoms. The van der Waals surface area contributed by atoms with Gasteiger partial charge < -0.3 is 0 Å². The molecule has 2 heterocycles. The van der Waals surface area contributed by atoms with Gasteiger partial charge in [0.2, 0.25) is 0 Å². The lowest BCUT2D eigenvalue weighted by Gasteiger charge is -2.10. The highest BCUT2D eigenvalue weighted by molar-refractivity contribution is 8.08. The third-order valence-electron chi connectivity index (χ3n) is 1.97.